The lowest BCUT2D eigenvalue weighted by Crippen LogP contribution is -2.66. The van der Waals surface area contributed by atoms with E-state index in [9.17, 15) is 4.79 Å². The summed E-state index contributed by atoms with van der Waals surface area (Å²) < 4.78 is 7.26. The molecule has 0 spiro atoms. The Balaban J connectivity index is 1.42. The Bertz CT molecular complexity index is 993. The first-order chi connectivity index (χ1) is 16.7. The molecule has 188 valence electrons. The highest BCUT2D eigenvalue weighted by atomic mass is 28.4. The first-order valence-corrected chi connectivity index (χ1v) is 15.6. The third-order valence-electron chi connectivity index (χ3n) is 9.80. The van der Waals surface area contributed by atoms with Gasteiger partial charge in [-0.25, -0.2) is 0 Å². The van der Waals surface area contributed by atoms with Gasteiger partial charge in [0.2, 0.25) is 0 Å². The molecule has 35 heavy (non-hydrogen) atoms. The van der Waals surface area contributed by atoms with E-state index in [1.54, 1.807) is 0 Å². The van der Waals surface area contributed by atoms with Crippen molar-refractivity contribution in [1.82, 2.24) is 4.90 Å². The Labute approximate surface area is 213 Å². The van der Waals surface area contributed by atoms with Crippen molar-refractivity contribution >= 4 is 24.5 Å². The number of piperidine rings is 1. The van der Waals surface area contributed by atoms with E-state index in [2.05, 4.69) is 100 Å². The zero-order valence-corrected chi connectivity index (χ0v) is 23.3. The Morgan fingerprint density at radius 1 is 1.00 bits per heavy atom. The summed E-state index contributed by atoms with van der Waals surface area (Å²) in [6, 6.07) is 22.5. The molecule has 0 amide bonds. The molecule has 0 unspecified atom stereocenters. The second kappa shape index (κ2) is 9.28. The predicted molar refractivity (Wildman–Crippen MR) is 147 cm³/mol. The van der Waals surface area contributed by atoms with Crippen molar-refractivity contribution in [2.45, 2.75) is 71.4 Å². The Morgan fingerprint density at radius 2 is 1.60 bits per heavy atom. The lowest BCUT2D eigenvalue weighted by Gasteiger charge is -2.44. The van der Waals surface area contributed by atoms with E-state index >= 15 is 0 Å². The quantitative estimate of drug-likeness (QED) is 0.517. The van der Waals surface area contributed by atoms with Crippen LogP contribution in [0.5, 0.6) is 0 Å². The Morgan fingerprint density at radius 3 is 2.17 bits per heavy atom. The first kappa shape index (κ1) is 24.9. The molecule has 3 aliphatic rings. The van der Waals surface area contributed by atoms with Crippen LogP contribution in [0.2, 0.25) is 5.04 Å². The van der Waals surface area contributed by atoms with Crippen LogP contribution in [0.3, 0.4) is 0 Å². The van der Waals surface area contributed by atoms with Gasteiger partial charge in [0.1, 0.15) is 5.78 Å². The average molecular weight is 490 g/mol. The number of fused-ring (bicyclic) bond motifs is 1. The molecule has 0 radical (unpaired) electrons. The summed E-state index contributed by atoms with van der Waals surface area (Å²) in [6.45, 7) is 14.9. The van der Waals surface area contributed by atoms with Gasteiger partial charge in [0.15, 0.2) is 0 Å². The number of benzene rings is 2. The minimum Gasteiger partial charge on any atom is -0.407 e. The molecule has 1 saturated carbocycles. The molecule has 2 aromatic carbocycles. The van der Waals surface area contributed by atoms with E-state index in [-0.39, 0.29) is 16.4 Å². The number of ketones is 1. The zero-order valence-electron chi connectivity index (χ0n) is 22.3. The van der Waals surface area contributed by atoms with Gasteiger partial charge in [0.25, 0.3) is 8.32 Å². The molecule has 3 nitrogen and oxygen atoms in total. The van der Waals surface area contributed by atoms with Gasteiger partial charge >= 0.3 is 0 Å². The number of carbonyl (C=O) groups is 1. The SMILES string of the molecule is C[C@@H]1CN2C[C@@H](CCO[Si](c3ccccc3)(c3ccccc3)C(C)(C)C)[C@@]3(C)CCC(=O)[C@@H]1C[C@@H]23. The molecule has 2 aliphatic heterocycles. The lowest BCUT2D eigenvalue weighted by molar-refractivity contribution is -0.125. The lowest BCUT2D eigenvalue weighted by atomic mass is 9.69. The van der Waals surface area contributed by atoms with Crippen LogP contribution in [0.25, 0.3) is 0 Å². The van der Waals surface area contributed by atoms with Gasteiger partial charge in [-0.3, -0.25) is 9.69 Å². The van der Waals surface area contributed by atoms with Crippen molar-refractivity contribution in [3.05, 3.63) is 60.7 Å². The van der Waals surface area contributed by atoms with Gasteiger partial charge in [-0.2, -0.15) is 0 Å². The molecule has 2 heterocycles. The standard InChI is InChI=1S/C31H43NO2Si/c1-23-21-32-22-24(31(5)18-16-28(33)27(23)20-29(31)32)17-19-34-35(30(2,3)4,25-12-8-6-9-13-25)26-14-10-7-11-15-26/h6-15,23-24,27,29H,16-22H2,1-5H3/t23-,24-,27-,29-,31-/m1/s1. The number of carbonyl (C=O) groups excluding carboxylic acids is 1. The van der Waals surface area contributed by atoms with Gasteiger partial charge in [0.05, 0.1) is 0 Å². The fraction of sp³-hybridized carbons (Fsp3) is 0.581. The van der Waals surface area contributed by atoms with Crippen LogP contribution in [0.15, 0.2) is 60.7 Å². The molecule has 1 aliphatic carbocycles. The fourth-order valence-corrected chi connectivity index (χ4v) is 12.4. The number of nitrogens with zero attached hydrogens (tertiary/aromatic N) is 1. The van der Waals surface area contributed by atoms with E-state index < -0.39 is 8.32 Å². The minimum atomic E-state index is -2.51. The predicted octanol–water partition coefficient (Wildman–Crippen LogP) is 5.28. The van der Waals surface area contributed by atoms with Crippen LogP contribution in [-0.4, -0.2) is 44.7 Å². The minimum absolute atomic E-state index is 0.00413. The number of hydrogen-bond acceptors (Lipinski definition) is 3. The number of hydrogen-bond donors (Lipinski definition) is 0. The number of rotatable bonds is 6. The van der Waals surface area contributed by atoms with E-state index in [0.29, 0.717) is 23.7 Å². The Kier molecular flexibility index (Phi) is 6.61. The van der Waals surface area contributed by atoms with Crippen LogP contribution in [0.1, 0.15) is 60.3 Å². The normalized spacial score (nSPS) is 31.4. The molecule has 5 rings (SSSR count). The van der Waals surface area contributed by atoms with Crippen molar-refractivity contribution in [2.24, 2.45) is 23.2 Å². The summed E-state index contributed by atoms with van der Waals surface area (Å²) in [7, 11) is -2.51. The highest BCUT2D eigenvalue weighted by Crippen LogP contribution is 2.54. The van der Waals surface area contributed by atoms with E-state index in [0.717, 1.165) is 45.4 Å². The van der Waals surface area contributed by atoms with Gasteiger partial charge in [-0.05, 0) is 51.9 Å². The average Bonchev–Trinajstić information content (AvgIpc) is 3.03. The first-order valence-electron chi connectivity index (χ1n) is 13.7. The Hall–Kier alpha value is -1.75. The van der Waals surface area contributed by atoms with Crippen LogP contribution < -0.4 is 10.4 Å². The van der Waals surface area contributed by atoms with Crippen molar-refractivity contribution < 1.29 is 9.22 Å². The van der Waals surface area contributed by atoms with Crippen molar-refractivity contribution in [2.75, 3.05) is 19.7 Å². The maximum Gasteiger partial charge on any atom is 0.261 e. The molecule has 0 aromatic heterocycles. The highest BCUT2D eigenvalue weighted by molar-refractivity contribution is 6.99. The van der Waals surface area contributed by atoms with Crippen molar-refractivity contribution in [3.63, 3.8) is 0 Å². The summed E-state index contributed by atoms with van der Waals surface area (Å²) in [5.74, 6) is 1.89. The van der Waals surface area contributed by atoms with Gasteiger partial charge in [0, 0.05) is 38.1 Å². The summed E-state index contributed by atoms with van der Waals surface area (Å²) in [5.41, 5.74) is 0.222. The van der Waals surface area contributed by atoms with Gasteiger partial charge < -0.3 is 4.43 Å². The van der Waals surface area contributed by atoms with E-state index in [1.165, 1.54) is 10.4 Å². The van der Waals surface area contributed by atoms with E-state index in [4.69, 9.17) is 4.43 Å². The fourth-order valence-electron chi connectivity index (χ4n) is 7.83. The third kappa shape index (κ3) is 4.16. The zero-order chi connectivity index (χ0) is 24.8. The van der Waals surface area contributed by atoms with Crippen LogP contribution in [0.4, 0.5) is 0 Å². The molecule has 2 saturated heterocycles. The topological polar surface area (TPSA) is 29.5 Å². The molecule has 4 heteroatoms. The maximum absolute atomic E-state index is 12.9. The second-order valence-electron chi connectivity index (χ2n) is 12.8. The molecule has 3 fully saturated rings. The molecule has 2 bridgehead atoms. The third-order valence-corrected chi connectivity index (χ3v) is 14.8. The maximum atomic E-state index is 12.9. The van der Waals surface area contributed by atoms with Crippen LogP contribution in [0, 0.1) is 23.2 Å². The second-order valence-corrected chi connectivity index (χ2v) is 17.1. The molecular weight excluding hydrogens is 446 g/mol. The van der Waals surface area contributed by atoms with Gasteiger partial charge in [-0.1, -0.05) is 95.3 Å². The summed E-state index contributed by atoms with van der Waals surface area (Å²) >= 11 is 0. The summed E-state index contributed by atoms with van der Waals surface area (Å²) in [4.78, 5) is 15.6. The van der Waals surface area contributed by atoms with Crippen molar-refractivity contribution in [3.8, 4) is 0 Å². The molecule has 2 aromatic rings. The van der Waals surface area contributed by atoms with Crippen LogP contribution in [-0.2, 0) is 9.22 Å². The molecule has 0 N–H and O–H groups in total. The smallest absolute Gasteiger partial charge is 0.261 e. The monoisotopic (exact) mass is 489 g/mol. The summed E-state index contributed by atoms with van der Waals surface area (Å²) in [5, 5.41) is 2.71. The summed E-state index contributed by atoms with van der Waals surface area (Å²) in [6.07, 6.45) is 3.95. The molecular formula is C31H43NO2Si. The van der Waals surface area contributed by atoms with E-state index in [1.807, 2.05) is 0 Å². The number of Topliss-reactive ketones (excluding diaryl/α,β-unsaturated/α-hetero) is 1. The van der Waals surface area contributed by atoms with Gasteiger partial charge in [-0.15, -0.1) is 0 Å². The van der Waals surface area contributed by atoms with Crippen LogP contribution >= 0.6 is 0 Å². The largest absolute Gasteiger partial charge is 0.407 e. The molecule has 5 atom stereocenters. The van der Waals surface area contributed by atoms with Crippen molar-refractivity contribution in [1.29, 1.82) is 0 Å². The highest BCUT2D eigenvalue weighted by Gasteiger charge is 2.56.